The number of nitrogens with zero attached hydrogens (tertiary/aromatic N) is 1. The van der Waals surface area contributed by atoms with E-state index in [1.54, 1.807) is 11.3 Å². The van der Waals surface area contributed by atoms with Crippen LogP contribution in [0.4, 0.5) is 5.69 Å². The fourth-order valence-electron chi connectivity index (χ4n) is 2.06. The second-order valence-electron chi connectivity index (χ2n) is 4.39. The number of nitrogen functional groups attached to an aromatic ring is 1. The van der Waals surface area contributed by atoms with E-state index in [1.807, 2.05) is 49.4 Å². The van der Waals surface area contributed by atoms with Gasteiger partial charge in [-0.15, -0.1) is 11.3 Å². The van der Waals surface area contributed by atoms with Gasteiger partial charge in [0.1, 0.15) is 5.01 Å². The number of aryl methyl sites for hydroxylation is 1. The van der Waals surface area contributed by atoms with Gasteiger partial charge in [-0.25, -0.2) is 4.98 Å². The molecule has 0 unspecified atom stereocenters. The topological polar surface area (TPSA) is 38.9 Å². The SMILES string of the molecule is Cc1nc(-c2ccccc2N)sc1-c1ccccc1. The Kier molecular flexibility index (Phi) is 3.05. The molecule has 0 fully saturated rings. The smallest absolute Gasteiger partial charge is 0.126 e. The zero-order chi connectivity index (χ0) is 13.2. The third-order valence-corrected chi connectivity index (χ3v) is 4.26. The van der Waals surface area contributed by atoms with Crippen molar-refractivity contribution in [2.45, 2.75) is 6.92 Å². The summed E-state index contributed by atoms with van der Waals surface area (Å²) >= 11 is 1.69. The van der Waals surface area contributed by atoms with Crippen molar-refractivity contribution in [1.29, 1.82) is 0 Å². The number of nitrogens with two attached hydrogens (primary N) is 1. The van der Waals surface area contributed by atoms with Crippen LogP contribution in [-0.2, 0) is 0 Å². The Labute approximate surface area is 116 Å². The normalized spacial score (nSPS) is 10.6. The molecule has 3 aromatic rings. The standard InChI is InChI=1S/C16H14N2S/c1-11-15(12-7-3-2-4-8-12)19-16(18-11)13-9-5-6-10-14(13)17/h2-10H,17H2,1H3. The molecule has 0 radical (unpaired) electrons. The fourth-order valence-corrected chi connectivity index (χ4v) is 3.18. The first kappa shape index (κ1) is 11.9. The second kappa shape index (κ2) is 4.86. The van der Waals surface area contributed by atoms with Gasteiger partial charge in [-0.1, -0.05) is 42.5 Å². The van der Waals surface area contributed by atoms with Gasteiger partial charge in [-0.05, 0) is 24.6 Å². The summed E-state index contributed by atoms with van der Waals surface area (Å²) in [5.74, 6) is 0. The van der Waals surface area contributed by atoms with Crippen molar-refractivity contribution in [2.75, 3.05) is 5.73 Å². The lowest BCUT2D eigenvalue weighted by atomic mass is 10.1. The van der Waals surface area contributed by atoms with Gasteiger partial charge in [-0.2, -0.15) is 0 Å². The minimum Gasteiger partial charge on any atom is -0.398 e. The molecule has 1 aromatic heterocycles. The molecule has 0 atom stereocenters. The maximum atomic E-state index is 6.02. The minimum atomic E-state index is 0.774. The summed E-state index contributed by atoms with van der Waals surface area (Å²) in [6.45, 7) is 2.04. The van der Waals surface area contributed by atoms with Crippen LogP contribution in [-0.4, -0.2) is 4.98 Å². The molecule has 0 saturated heterocycles. The summed E-state index contributed by atoms with van der Waals surface area (Å²) in [5, 5.41) is 0.981. The molecule has 1 heterocycles. The molecule has 3 rings (SSSR count). The van der Waals surface area contributed by atoms with Crippen molar-refractivity contribution >= 4 is 17.0 Å². The maximum Gasteiger partial charge on any atom is 0.126 e. The third-order valence-electron chi connectivity index (χ3n) is 3.02. The monoisotopic (exact) mass is 266 g/mol. The predicted molar refractivity (Wildman–Crippen MR) is 82.1 cm³/mol. The number of rotatable bonds is 2. The zero-order valence-corrected chi connectivity index (χ0v) is 11.4. The van der Waals surface area contributed by atoms with E-state index in [2.05, 4.69) is 17.1 Å². The summed E-state index contributed by atoms with van der Waals surface area (Å²) in [6, 6.07) is 18.2. The summed E-state index contributed by atoms with van der Waals surface area (Å²) < 4.78 is 0. The molecule has 0 bridgehead atoms. The molecule has 0 saturated carbocycles. The molecule has 3 heteroatoms. The summed E-state index contributed by atoms with van der Waals surface area (Å²) in [5.41, 5.74) is 10.1. The van der Waals surface area contributed by atoms with Crippen LogP contribution in [0.1, 0.15) is 5.69 Å². The van der Waals surface area contributed by atoms with E-state index in [0.717, 1.165) is 22.0 Å². The average Bonchev–Trinajstić information content (AvgIpc) is 2.82. The molecule has 0 aliphatic heterocycles. The van der Waals surface area contributed by atoms with Crippen molar-refractivity contribution in [3.63, 3.8) is 0 Å². The second-order valence-corrected chi connectivity index (χ2v) is 5.39. The number of benzene rings is 2. The fraction of sp³-hybridized carbons (Fsp3) is 0.0625. The van der Waals surface area contributed by atoms with E-state index in [1.165, 1.54) is 10.4 Å². The number of hydrogen-bond acceptors (Lipinski definition) is 3. The highest BCUT2D eigenvalue weighted by atomic mass is 32.1. The minimum absolute atomic E-state index is 0.774. The Morgan fingerprint density at radius 3 is 2.37 bits per heavy atom. The third kappa shape index (κ3) is 2.25. The Morgan fingerprint density at radius 1 is 0.947 bits per heavy atom. The Bertz CT molecular complexity index is 702. The van der Waals surface area contributed by atoms with Crippen LogP contribution < -0.4 is 5.73 Å². The first-order valence-electron chi connectivity index (χ1n) is 6.13. The molecule has 19 heavy (non-hydrogen) atoms. The maximum absolute atomic E-state index is 6.02. The van der Waals surface area contributed by atoms with Crippen molar-refractivity contribution < 1.29 is 0 Å². The highest BCUT2D eigenvalue weighted by Gasteiger charge is 2.12. The van der Waals surface area contributed by atoms with Crippen molar-refractivity contribution in [1.82, 2.24) is 4.98 Å². The number of thiazole rings is 1. The molecule has 0 spiro atoms. The van der Waals surface area contributed by atoms with E-state index >= 15 is 0 Å². The van der Waals surface area contributed by atoms with Crippen LogP contribution in [0.25, 0.3) is 21.0 Å². The number of hydrogen-bond donors (Lipinski definition) is 1. The van der Waals surface area contributed by atoms with Gasteiger partial charge in [0.05, 0.1) is 10.6 Å². The van der Waals surface area contributed by atoms with Crippen LogP contribution in [0, 0.1) is 6.92 Å². The van der Waals surface area contributed by atoms with Crippen molar-refractivity contribution in [2.24, 2.45) is 0 Å². The number of anilines is 1. The van der Waals surface area contributed by atoms with E-state index in [0.29, 0.717) is 0 Å². The molecule has 2 nitrogen and oxygen atoms in total. The molecule has 2 aromatic carbocycles. The molecule has 94 valence electrons. The number of para-hydroxylation sites is 1. The predicted octanol–water partition coefficient (Wildman–Crippen LogP) is 4.37. The molecular weight excluding hydrogens is 252 g/mol. The number of aromatic nitrogens is 1. The lowest BCUT2D eigenvalue weighted by Gasteiger charge is -2.00. The average molecular weight is 266 g/mol. The van der Waals surface area contributed by atoms with Crippen molar-refractivity contribution in [3.8, 4) is 21.0 Å². The zero-order valence-electron chi connectivity index (χ0n) is 10.6. The molecule has 2 N–H and O–H groups in total. The van der Waals surface area contributed by atoms with Crippen molar-refractivity contribution in [3.05, 3.63) is 60.3 Å². The van der Waals surface area contributed by atoms with Gasteiger partial charge in [0.25, 0.3) is 0 Å². The van der Waals surface area contributed by atoms with E-state index in [9.17, 15) is 0 Å². The van der Waals surface area contributed by atoms with Gasteiger partial charge in [0.2, 0.25) is 0 Å². The van der Waals surface area contributed by atoms with Crippen LogP contribution in [0.15, 0.2) is 54.6 Å². The van der Waals surface area contributed by atoms with Crippen LogP contribution in [0.3, 0.4) is 0 Å². The largest absolute Gasteiger partial charge is 0.398 e. The summed E-state index contributed by atoms with van der Waals surface area (Å²) in [4.78, 5) is 5.86. The molecule has 0 amide bonds. The first-order chi connectivity index (χ1) is 9.25. The van der Waals surface area contributed by atoms with Gasteiger partial charge in [0.15, 0.2) is 0 Å². The summed E-state index contributed by atoms with van der Waals surface area (Å²) in [7, 11) is 0. The van der Waals surface area contributed by atoms with Crippen LogP contribution in [0.5, 0.6) is 0 Å². The molecular formula is C16H14N2S. The van der Waals surface area contributed by atoms with Gasteiger partial charge >= 0.3 is 0 Å². The molecule has 0 aliphatic rings. The lowest BCUT2D eigenvalue weighted by molar-refractivity contribution is 1.27. The Balaban J connectivity index is 2.10. The van der Waals surface area contributed by atoms with Crippen LogP contribution >= 0.6 is 11.3 Å². The van der Waals surface area contributed by atoms with Crippen LogP contribution in [0.2, 0.25) is 0 Å². The lowest BCUT2D eigenvalue weighted by Crippen LogP contribution is -1.88. The quantitative estimate of drug-likeness (QED) is 0.700. The van der Waals surface area contributed by atoms with Gasteiger partial charge in [0, 0.05) is 11.3 Å². The first-order valence-corrected chi connectivity index (χ1v) is 6.95. The van der Waals surface area contributed by atoms with E-state index < -0.39 is 0 Å². The Morgan fingerprint density at radius 2 is 1.63 bits per heavy atom. The van der Waals surface area contributed by atoms with E-state index in [4.69, 9.17) is 5.73 Å². The van der Waals surface area contributed by atoms with E-state index in [-0.39, 0.29) is 0 Å². The van der Waals surface area contributed by atoms with Gasteiger partial charge < -0.3 is 5.73 Å². The van der Waals surface area contributed by atoms with Gasteiger partial charge in [-0.3, -0.25) is 0 Å². The molecule has 0 aliphatic carbocycles. The summed E-state index contributed by atoms with van der Waals surface area (Å²) in [6.07, 6.45) is 0. The Hall–Kier alpha value is -2.13. The highest BCUT2D eigenvalue weighted by Crippen LogP contribution is 2.36. The highest BCUT2D eigenvalue weighted by molar-refractivity contribution is 7.18.